The van der Waals surface area contributed by atoms with Crippen molar-refractivity contribution in [3.8, 4) is 11.8 Å². The van der Waals surface area contributed by atoms with E-state index >= 15 is 0 Å². The lowest BCUT2D eigenvalue weighted by molar-refractivity contribution is 0.0715. The standard InChI is InChI=1S/C14H18N2O2S/c15-9-12-1-3-14(4-2-12)18-11-13(17)10-16-5-7-19-8-6-16/h1-4,13,17H,5-8,10-11H2/t13-/m1/s1. The summed E-state index contributed by atoms with van der Waals surface area (Å²) in [6.45, 7) is 3.03. The van der Waals surface area contributed by atoms with Crippen molar-refractivity contribution in [1.82, 2.24) is 4.90 Å². The van der Waals surface area contributed by atoms with Gasteiger partial charge < -0.3 is 9.84 Å². The van der Waals surface area contributed by atoms with Crippen molar-refractivity contribution in [2.45, 2.75) is 6.10 Å². The van der Waals surface area contributed by atoms with Crippen LogP contribution < -0.4 is 4.74 Å². The highest BCUT2D eigenvalue weighted by molar-refractivity contribution is 7.99. The Hall–Kier alpha value is -1.22. The molecule has 102 valence electrons. The van der Waals surface area contributed by atoms with Crippen LogP contribution >= 0.6 is 11.8 Å². The monoisotopic (exact) mass is 278 g/mol. The highest BCUT2D eigenvalue weighted by Crippen LogP contribution is 2.13. The number of thioether (sulfide) groups is 1. The molecule has 4 nitrogen and oxygen atoms in total. The average molecular weight is 278 g/mol. The second-order valence-corrected chi connectivity index (χ2v) is 5.74. The normalized spacial score (nSPS) is 17.7. The van der Waals surface area contributed by atoms with Gasteiger partial charge in [-0.3, -0.25) is 4.90 Å². The largest absolute Gasteiger partial charge is 0.491 e. The minimum absolute atomic E-state index is 0.287. The Kier molecular flexibility index (Phi) is 5.52. The van der Waals surface area contributed by atoms with Gasteiger partial charge in [-0.15, -0.1) is 0 Å². The number of benzene rings is 1. The lowest BCUT2D eigenvalue weighted by Gasteiger charge is -2.28. The molecule has 1 fully saturated rings. The van der Waals surface area contributed by atoms with Gasteiger partial charge in [-0.1, -0.05) is 0 Å². The van der Waals surface area contributed by atoms with Gasteiger partial charge in [-0.2, -0.15) is 17.0 Å². The van der Waals surface area contributed by atoms with Gasteiger partial charge in [-0.05, 0) is 24.3 Å². The van der Waals surface area contributed by atoms with Gasteiger partial charge in [0.2, 0.25) is 0 Å². The number of nitriles is 1. The highest BCUT2D eigenvalue weighted by Gasteiger charge is 2.15. The first-order chi connectivity index (χ1) is 9.28. The van der Waals surface area contributed by atoms with Crippen molar-refractivity contribution in [2.75, 3.05) is 37.7 Å². The van der Waals surface area contributed by atoms with Crippen LogP contribution in [0.15, 0.2) is 24.3 Å². The molecule has 1 aromatic carbocycles. The lowest BCUT2D eigenvalue weighted by atomic mass is 10.2. The molecule has 0 spiro atoms. The second-order valence-electron chi connectivity index (χ2n) is 4.51. The fourth-order valence-electron chi connectivity index (χ4n) is 1.95. The summed E-state index contributed by atoms with van der Waals surface area (Å²) in [7, 11) is 0. The van der Waals surface area contributed by atoms with Gasteiger partial charge >= 0.3 is 0 Å². The minimum atomic E-state index is -0.473. The molecule has 5 heteroatoms. The number of ether oxygens (including phenoxy) is 1. The van der Waals surface area contributed by atoms with Crippen molar-refractivity contribution in [3.05, 3.63) is 29.8 Å². The average Bonchev–Trinajstić information content (AvgIpc) is 2.47. The summed E-state index contributed by atoms with van der Waals surface area (Å²) in [5.74, 6) is 2.97. The zero-order chi connectivity index (χ0) is 13.5. The van der Waals surface area contributed by atoms with E-state index in [1.54, 1.807) is 24.3 Å². The van der Waals surface area contributed by atoms with Crippen molar-refractivity contribution in [3.63, 3.8) is 0 Å². The Balaban J connectivity index is 1.73. The summed E-state index contributed by atoms with van der Waals surface area (Å²) in [5.41, 5.74) is 0.610. The molecule has 0 aromatic heterocycles. The molecule has 1 atom stereocenters. The third-order valence-electron chi connectivity index (χ3n) is 3.00. The van der Waals surface area contributed by atoms with Crippen LogP contribution in [0, 0.1) is 11.3 Å². The van der Waals surface area contributed by atoms with E-state index in [-0.39, 0.29) is 6.61 Å². The Morgan fingerprint density at radius 3 is 2.63 bits per heavy atom. The highest BCUT2D eigenvalue weighted by atomic mass is 32.2. The van der Waals surface area contributed by atoms with Crippen LogP contribution in [0.3, 0.4) is 0 Å². The molecule has 0 amide bonds. The van der Waals surface area contributed by atoms with E-state index in [9.17, 15) is 5.11 Å². The van der Waals surface area contributed by atoms with E-state index in [1.165, 1.54) is 0 Å². The number of nitrogens with zero attached hydrogens (tertiary/aromatic N) is 2. The first-order valence-electron chi connectivity index (χ1n) is 6.39. The third kappa shape index (κ3) is 4.75. The van der Waals surface area contributed by atoms with E-state index in [1.807, 2.05) is 11.8 Å². The zero-order valence-corrected chi connectivity index (χ0v) is 11.6. The molecule has 0 unspecified atom stereocenters. The summed E-state index contributed by atoms with van der Waals surface area (Å²) < 4.78 is 5.52. The molecule has 19 heavy (non-hydrogen) atoms. The molecular formula is C14H18N2O2S. The Morgan fingerprint density at radius 2 is 2.00 bits per heavy atom. The van der Waals surface area contributed by atoms with E-state index in [2.05, 4.69) is 11.0 Å². The maximum Gasteiger partial charge on any atom is 0.119 e. The maximum absolute atomic E-state index is 9.94. The second kappa shape index (κ2) is 7.39. The summed E-state index contributed by atoms with van der Waals surface area (Å²) in [6, 6.07) is 8.99. The number of hydrogen-bond acceptors (Lipinski definition) is 5. The summed E-state index contributed by atoms with van der Waals surface area (Å²) in [5, 5.41) is 18.6. The molecule has 0 radical (unpaired) electrons. The summed E-state index contributed by atoms with van der Waals surface area (Å²) in [4.78, 5) is 2.27. The van der Waals surface area contributed by atoms with E-state index < -0.39 is 6.10 Å². The number of β-amino-alcohol motifs (C(OH)–C–C–N with tert-alkyl or cyclic N) is 1. The van der Waals surface area contributed by atoms with Crippen LogP contribution in [0.5, 0.6) is 5.75 Å². The summed E-state index contributed by atoms with van der Waals surface area (Å²) >= 11 is 1.96. The van der Waals surface area contributed by atoms with Gasteiger partial charge in [0, 0.05) is 31.1 Å². The van der Waals surface area contributed by atoms with Crippen LogP contribution in [0.4, 0.5) is 0 Å². The molecule has 1 heterocycles. The summed E-state index contributed by atoms with van der Waals surface area (Å²) in [6.07, 6.45) is -0.473. The van der Waals surface area contributed by atoms with E-state index in [4.69, 9.17) is 10.00 Å². The molecule has 1 N–H and O–H groups in total. The molecule has 1 aromatic rings. The quantitative estimate of drug-likeness (QED) is 0.881. The van der Waals surface area contributed by atoms with Crippen LogP contribution in [0.1, 0.15) is 5.56 Å². The van der Waals surface area contributed by atoms with Crippen molar-refractivity contribution in [1.29, 1.82) is 5.26 Å². The molecule has 2 rings (SSSR count). The van der Waals surface area contributed by atoms with Crippen molar-refractivity contribution in [2.24, 2.45) is 0 Å². The van der Waals surface area contributed by atoms with Gasteiger partial charge in [0.1, 0.15) is 18.5 Å². The van der Waals surface area contributed by atoms with Crippen molar-refractivity contribution >= 4 is 11.8 Å². The number of aliphatic hydroxyl groups excluding tert-OH is 1. The molecule has 1 saturated heterocycles. The van der Waals surface area contributed by atoms with Crippen LogP contribution in [-0.4, -0.2) is 53.9 Å². The smallest absolute Gasteiger partial charge is 0.119 e. The Bertz CT molecular complexity index is 424. The first-order valence-corrected chi connectivity index (χ1v) is 7.54. The van der Waals surface area contributed by atoms with Gasteiger partial charge in [0.25, 0.3) is 0 Å². The first kappa shape index (κ1) is 14.2. The van der Waals surface area contributed by atoms with Gasteiger partial charge in [-0.25, -0.2) is 0 Å². The van der Waals surface area contributed by atoms with Crippen molar-refractivity contribution < 1.29 is 9.84 Å². The van der Waals surface area contributed by atoms with E-state index in [0.717, 1.165) is 24.6 Å². The maximum atomic E-state index is 9.94. The SMILES string of the molecule is N#Cc1ccc(OC[C@H](O)CN2CCSCC2)cc1. The molecule has 0 saturated carbocycles. The predicted molar refractivity (Wildman–Crippen MR) is 76.4 cm³/mol. The van der Waals surface area contributed by atoms with Crippen LogP contribution in [0.2, 0.25) is 0 Å². The van der Waals surface area contributed by atoms with Gasteiger partial charge in [0.15, 0.2) is 0 Å². The molecule has 1 aliphatic heterocycles. The molecule has 0 aliphatic carbocycles. The van der Waals surface area contributed by atoms with E-state index in [0.29, 0.717) is 17.9 Å². The lowest BCUT2D eigenvalue weighted by Crippen LogP contribution is -2.40. The minimum Gasteiger partial charge on any atom is -0.491 e. The predicted octanol–water partition coefficient (Wildman–Crippen LogP) is 1.35. The van der Waals surface area contributed by atoms with Crippen LogP contribution in [-0.2, 0) is 0 Å². The topological polar surface area (TPSA) is 56.5 Å². The molecular weight excluding hydrogens is 260 g/mol. The van der Waals surface area contributed by atoms with Gasteiger partial charge in [0.05, 0.1) is 11.6 Å². The Labute approximate surface area is 118 Å². The fraction of sp³-hybridized carbons (Fsp3) is 0.500. The third-order valence-corrected chi connectivity index (χ3v) is 3.94. The Morgan fingerprint density at radius 1 is 1.32 bits per heavy atom. The molecule has 0 bridgehead atoms. The number of rotatable bonds is 5. The zero-order valence-electron chi connectivity index (χ0n) is 10.8. The van der Waals surface area contributed by atoms with Crippen LogP contribution in [0.25, 0.3) is 0 Å². The number of aliphatic hydroxyl groups is 1. The number of hydrogen-bond donors (Lipinski definition) is 1. The fourth-order valence-corrected chi connectivity index (χ4v) is 2.93. The molecule has 1 aliphatic rings.